The molecule has 0 saturated carbocycles. The Kier molecular flexibility index (Phi) is 4.18. The number of halogens is 2. The Morgan fingerprint density at radius 3 is 3.00 bits per heavy atom. The third kappa shape index (κ3) is 2.81. The second-order valence-corrected chi connectivity index (χ2v) is 4.89. The molecule has 2 aromatic rings. The number of hydrogen-bond donors (Lipinski definition) is 0. The van der Waals surface area contributed by atoms with Gasteiger partial charge in [0.25, 0.3) is 5.56 Å². The van der Waals surface area contributed by atoms with E-state index in [-0.39, 0.29) is 10.7 Å². The van der Waals surface area contributed by atoms with Crippen molar-refractivity contribution in [1.29, 1.82) is 0 Å². The lowest BCUT2D eigenvalue weighted by Crippen LogP contribution is -2.24. The Morgan fingerprint density at radius 2 is 2.28 bits per heavy atom. The SMILES string of the molecule is COc1cccc(Cn2cnc(Cl)c(I)c2=O)n1. The van der Waals surface area contributed by atoms with Gasteiger partial charge in [-0.3, -0.25) is 9.36 Å². The van der Waals surface area contributed by atoms with Gasteiger partial charge in [0.15, 0.2) is 0 Å². The first kappa shape index (κ1) is 13.3. The molecule has 0 saturated heterocycles. The number of hydrogen-bond acceptors (Lipinski definition) is 4. The normalized spacial score (nSPS) is 10.4. The second-order valence-electron chi connectivity index (χ2n) is 3.45. The van der Waals surface area contributed by atoms with Crippen LogP contribution in [0.1, 0.15) is 5.69 Å². The van der Waals surface area contributed by atoms with Crippen molar-refractivity contribution in [2.45, 2.75) is 6.54 Å². The molecule has 0 aliphatic heterocycles. The van der Waals surface area contributed by atoms with E-state index in [9.17, 15) is 4.79 Å². The number of pyridine rings is 1. The molecule has 0 amide bonds. The van der Waals surface area contributed by atoms with Crippen molar-refractivity contribution in [2.75, 3.05) is 7.11 Å². The van der Waals surface area contributed by atoms with E-state index in [2.05, 4.69) is 9.97 Å². The van der Waals surface area contributed by atoms with Crippen LogP contribution in [0.15, 0.2) is 29.3 Å². The van der Waals surface area contributed by atoms with Crippen molar-refractivity contribution in [2.24, 2.45) is 0 Å². The number of methoxy groups -OCH3 is 1. The third-order valence-corrected chi connectivity index (χ3v) is 3.84. The van der Waals surface area contributed by atoms with Crippen molar-refractivity contribution in [3.8, 4) is 5.88 Å². The number of nitrogens with zero attached hydrogens (tertiary/aromatic N) is 3. The molecule has 94 valence electrons. The standard InChI is InChI=1S/C11H9ClIN3O2/c1-18-8-4-2-3-7(15-8)5-16-6-14-10(12)9(13)11(16)17/h2-4,6H,5H2,1H3. The quantitative estimate of drug-likeness (QED) is 0.606. The first-order valence-electron chi connectivity index (χ1n) is 5.02. The van der Waals surface area contributed by atoms with Gasteiger partial charge in [-0.15, -0.1) is 0 Å². The lowest BCUT2D eigenvalue weighted by Gasteiger charge is -2.06. The zero-order chi connectivity index (χ0) is 13.1. The zero-order valence-electron chi connectivity index (χ0n) is 9.43. The summed E-state index contributed by atoms with van der Waals surface area (Å²) >= 11 is 7.65. The highest BCUT2D eigenvalue weighted by molar-refractivity contribution is 14.1. The van der Waals surface area contributed by atoms with Gasteiger partial charge in [0.2, 0.25) is 5.88 Å². The van der Waals surface area contributed by atoms with Crippen molar-refractivity contribution in [3.63, 3.8) is 0 Å². The average molecular weight is 378 g/mol. The topological polar surface area (TPSA) is 57.0 Å². The van der Waals surface area contributed by atoms with Gasteiger partial charge in [0, 0.05) is 6.07 Å². The largest absolute Gasteiger partial charge is 0.481 e. The molecule has 0 fully saturated rings. The first-order chi connectivity index (χ1) is 8.61. The molecule has 5 nitrogen and oxygen atoms in total. The van der Waals surface area contributed by atoms with Crippen LogP contribution in [-0.2, 0) is 6.54 Å². The molecule has 0 radical (unpaired) electrons. The zero-order valence-corrected chi connectivity index (χ0v) is 12.3. The molecular weight excluding hydrogens is 368 g/mol. The Labute approximate surface area is 122 Å². The molecule has 0 aliphatic carbocycles. The molecule has 18 heavy (non-hydrogen) atoms. The molecule has 7 heteroatoms. The maximum absolute atomic E-state index is 11.9. The summed E-state index contributed by atoms with van der Waals surface area (Å²) in [5.74, 6) is 0.511. The van der Waals surface area contributed by atoms with Gasteiger partial charge in [0.05, 0.1) is 25.7 Å². The van der Waals surface area contributed by atoms with Crippen molar-refractivity contribution in [1.82, 2.24) is 14.5 Å². The second kappa shape index (κ2) is 5.66. The monoisotopic (exact) mass is 377 g/mol. The Balaban J connectivity index is 2.34. The summed E-state index contributed by atoms with van der Waals surface area (Å²) in [4.78, 5) is 20.1. The summed E-state index contributed by atoms with van der Waals surface area (Å²) in [6, 6.07) is 5.38. The van der Waals surface area contributed by atoms with Gasteiger partial charge < -0.3 is 4.74 Å². The van der Waals surface area contributed by atoms with Crippen LogP contribution in [0.4, 0.5) is 0 Å². The van der Waals surface area contributed by atoms with E-state index < -0.39 is 0 Å². The van der Waals surface area contributed by atoms with E-state index in [0.29, 0.717) is 16.0 Å². The molecule has 2 aromatic heterocycles. The molecule has 0 unspecified atom stereocenters. The fraction of sp³-hybridized carbons (Fsp3) is 0.182. The summed E-state index contributed by atoms with van der Waals surface area (Å²) in [6.45, 7) is 0.330. The van der Waals surface area contributed by atoms with Gasteiger partial charge in [-0.1, -0.05) is 17.7 Å². The molecular formula is C11H9ClIN3O2. The molecule has 2 rings (SSSR count). The van der Waals surface area contributed by atoms with Crippen LogP contribution in [0.2, 0.25) is 5.15 Å². The maximum atomic E-state index is 11.9. The van der Waals surface area contributed by atoms with Gasteiger partial charge in [-0.05, 0) is 28.7 Å². The van der Waals surface area contributed by atoms with Crippen LogP contribution in [-0.4, -0.2) is 21.6 Å². The van der Waals surface area contributed by atoms with Crippen molar-refractivity contribution >= 4 is 34.2 Å². The molecule has 0 aromatic carbocycles. The van der Waals surface area contributed by atoms with E-state index in [0.717, 1.165) is 5.69 Å². The number of ether oxygens (including phenoxy) is 1. The Hall–Kier alpha value is -1.15. The minimum atomic E-state index is -0.180. The summed E-state index contributed by atoms with van der Waals surface area (Å²) < 4.78 is 6.89. The Bertz CT molecular complexity index is 630. The number of rotatable bonds is 3. The van der Waals surface area contributed by atoms with Gasteiger partial charge in [0.1, 0.15) is 8.72 Å². The van der Waals surface area contributed by atoms with E-state index in [1.165, 1.54) is 10.9 Å². The average Bonchev–Trinajstić information content (AvgIpc) is 2.40. The van der Waals surface area contributed by atoms with Crippen LogP contribution in [0.5, 0.6) is 5.88 Å². The minimum absolute atomic E-state index is 0.180. The highest BCUT2D eigenvalue weighted by Gasteiger charge is 2.08. The summed E-state index contributed by atoms with van der Waals surface area (Å²) in [5, 5.41) is 0.218. The van der Waals surface area contributed by atoms with E-state index >= 15 is 0 Å². The highest BCUT2D eigenvalue weighted by Crippen LogP contribution is 2.11. The molecule has 2 heterocycles. The van der Waals surface area contributed by atoms with Gasteiger partial charge in [-0.25, -0.2) is 9.97 Å². The third-order valence-electron chi connectivity index (χ3n) is 2.26. The predicted molar refractivity (Wildman–Crippen MR) is 76.1 cm³/mol. The van der Waals surface area contributed by atoms with Crippen LogP contribution in [0, 0.1) is 3.57 Å². The van der Waals surface area contributed by atoms with Gasteiger partial charge >= 0.3 is 0 Å². The van der Waals surface area contributed by atoms with Crippen LogP contribution >= 0.6 is 34.2 Å². The fourth-order valence-electron chi connectivity index (χ4n) is 1.39. The molecule has 0 atom stereocenters. The number of aromatic nitrogens is 3. The minimum Gasteiger partial charge on any atom is -0.481 e. The fourth-order valence-corrected chi connectivity index (χ4v) is 1.96. The van der Waals surface area contributed by atoms with E-state index in [1.54, 1.807) is 13.2 Å². The lowest BCUT2D eigenvalue weighted by molar-refractivity contribution is 0.395. The van der Waals surface area contributed by atoms with E-state index in [1.807, 2.05) is 34.7 Å². The van der Waals surface area contributed by atoms with Gasteiger partial charge in [-0.2, -0.15) is 0 Å². The predicted octanol–water partition coefficient (Wildman–Crippen LogP) is 1.95. The molecule has 0 spiro atoms. The van der Waals surface area contributed by atoms with Crippen LogP contribution in [0.25, 0.3) is 0 Å². The first-order valence-corrected chi connectivity index (χ1v) is 6.48. The van der Waals surface area contributed by atoms with E-state index in [4.69, 9.17) is 16.3 Å². The summed E-state index contributed by atoms with van der Waals surface area (Å²) in [6.07, 6.45) is 1.41. The molecule has 0 bridgehead atoms. The summed E-state index contributed by atoms with van der Waals surface area (Å²) in [5.41, 5.74) is 0.539. The highest BCUT2D eigenvalue weighted by atomic mass is 127. The maximum Gasteiger partial charge on any atom is 0.268 e. The van der Waals surface area contributed by atoms with Crippen LogP contribution < -0.4 is 10.3 Å². The molecule has 0 N–H and O–H groups in total. The Morgan fingerprint density at radius 1 is 1.50 bits per heavy atom. The smallest absolute Gasteiger partial charge is 0.268 e. The van der Waals surface area contributed by atoms with Crippen molar-refractivity contribution in [3.05, 3.63) is 49.3 Å². The van der Waals surface area contributed by atoms with Crippen molar-refractivity contribution < 1.29 is 4.74 Å². The molecule has 0 aliphatic rings. The lowest BCUT2D eigenvalue weighted by atomic mass is 10.3. The summed E-state index contributed by atoms with van der Waals surface area (Å²) in [7, 11) is 1.55. The van der Waals surface area contributed by atoms with Crippen LogP contribution in [0.3, 0.4) is 0 Å².